The lowest BCUT2D eigenvalue weighted by Crippen LogP contribution is -1.97. The van der Waals surface area contributed by atoms with Crippen LogP contribution in [0.3, 0.4) is 0 Å². The molecule has 1 aromatic carbocycles. The first-order chi connectivity index (χ1) is 8.16. The summed E-state index contributed by atoms with van der Waals surface area (Å²) in [7, 11) is 1.73. The Morgan fingerprint density at radius 2 is 2.29 bits per heavy atom. The fraction of sp³-hybridized carbons (Fsp3) is 0.250. The van der Waals surface area contributed by atoms with Crippen LogP contribution in [0.2, 0.25) is 0 Å². The van der Waals surface area contributed by atoms with Crippen molar-refractivity contribution in [1.29, 1.82) is 0 Å². The standard InChI is InChI=1S/C12H12FN3O/c1-16-11(14)6-9(15-16)12-7-4-5-17-10(7)3-2-8(12)13/h2-3,6H,4-5,14H2,1H3. The molecule has 0 unspecified atom stereocenters. The highest BCUT2D eigenvalue weighted by molar-refractivity contribution is 5.70. The third-order valence-electron chi connectivity index (χ3n) is 3.00. The first-order valence-corrected chi connectivity index (χ1v) is 5.41. The third kappa shape index (κ3) is 1.46. The van der Waals surface area contributed by atoms with Gasteiger partial charge in [0.05, 0.1) is 12.3 Å². The molecule has 3 rings (SSSR count). The Labute approximate surface area is 97.8 Å². The molecule has 1 aliphatic rings. The van der Waals surface area contributed by atoms with Gasteiger partial charge in [-0.15, -0.1) is 0 Å². The molecule has 1 aromatic heterocycles. The van der Waals surface area contributed by atoms with E-state index in [2.05, 4.69) is 5.10 Å². The van der Waals surface area contributed by atoms with Crippen LogP contribution in [-0.2, 0) is 13.5 Å². The molecule has 0 saturated carbocycles. The molecule has 4 nitrogen and oxygen atoms in total. The van der Waals surface area contributed by atoms with Gasteiger partial charge >= 0.3 is 0 Å². The molecule has 0 radical (unpaired) electrons. The van der Waals surface area contributed by atoms with Gasteiger partial charge in [-0.05, 0) is 12.1 Å². The molecule has 0 saturated heterocycles. The molecule has 0 bridgehead atoms. The van der Waals surface area contributed by atoms with Crippen LogP contribution in [0.5, 0.6) is 5.75 Å². The van der Waals surface area contributed by atoms with Crippen molar-refractivity contribution in [3.8, 4) is 17.0 Å². The topological polar surface area (TPSA) is 53.1 Å². The monoisotopic (exact) mass is 233 g/mol. The molecule has 5 heteroatoms. The van der Waals surface area contributed by atoms with Gasteiger partial charge in [0, 0.05) is 30.7 Å². The quantitative estimate of drug-likeness (QED) is 0.816. The van der Waals surface area contributed by atoms with Gasteiger partial charge in [0.25, 0.3) is 0 Å². The van der Waals surface area contributed by atoms with Gasteiger partial charge in [0.2, 0.25) is 0 Å². The van der Waals surface area contributed by atoms with Crippen LogP contribution in [0.25, 0.3) is 11.3 Å². The van der Waals surface area contributed by atoms with E-state index in [0.29, 0.717) is 30.1 Å². The number of aryl methyl sites for hydroxylation is 1. The van der Waals surface area contributed by atoms with E-state index in [9.17, 15) is 4.39 Å². The van der Waals surface area contributed by atoms with E-state index in [1.54, 1.807) is 19.2 Å². The lowest BCUT2D eigenvalue weighted by Gasteiger charge is -2.05. The number of rotatable bonds is 1. The largest absolute Gasteiger partial charge is 0.493 e. The van der Waals surface area contributed by atoms with Crippen molar-refractivity contribution in [2.45, 2.75) is 6.42 Å². The van der Waals surface area contributed by atoms with Crippen LogP contribution in [0, 0.1) is 5.82 Å². The number of anilines is 1. The summed E-state index contributed by atoms with van der Waals surface area (Å²) < 4.78 is 20.9. The summed E-state index contributed by atoms with van der Waals surface area (Å²) >= 11 is 0. The highest BCUT2D eigenvalue weighted by Gasteiger charge is 2.22. The van der Waals surface area contributed by atoms with Crippen molar-refractivity contribution >= 4 is 5.82 Å². The average Bonchev–Trinajstić information content (AvgIpc) is 2.86. The molecular weight excluding hydrogens is 221 g/mol. The molecule has 0 fully saturated rings. The maximum absolute atomic E-state index is 13.9. The number of benzene rings is 1. The highest BCUT2D eigenvalue weighted by Crippen LogP contribution is 2.36. The van der Waals surface area contributed by atoms with E-state index in [-0.39, 0.29) is 5.82 Å². The number of nitrogens with two attached hydrogens (primary N) is 1. The molecule has 0 spiro atoms. The molecule has 88 valence electrons. The Kier molecular flexibility index (Phi) is 2.07. The molecule has 0 aliphatic carbocycles. The summed E-state index contributed by atoms with van der Waals surface area (Å²) in [5, 5.41) is 4.21. The molecule has 0 amide bonds. The summed E-state index contributed by atoms with van der Waals surface area (Å²) in [6, 6.07) is 4.74. The summed E-state index contributed by atoms with van der Waals surface area (Å²) in [5.41, 5.74) is 7.66. The number of aromatic nitrogens is 2. The fourth-order valence-corrected chi connectivity index (χ4v) is 2.13. The Morgan fingerprint density at radius 3 is 3.00 bits per heavy atom. The number of ether oxygens (including phenoxy) is 1. The first kappa shape index (κ1) is 10.1. The Bertz CT molecular complexity index is 572. The maximum atomic E-state index is 13.9. The van der Waals surface area contributed by atoms with Crippen molar-refractivity contribution in [3.05, 3.63) is 29.6 Å². The van der Waals surface area contributed by atoms with Crippen molar-refractivity contribution in [2.24, 2.45) is 7.05 Å². The first-order valence-electron chi connectivity index (χ1n) is 5.41. The highest BCUT2D eigenvalue weighted by atomic mass is 19.1. The summed E-state index contributed by atoms with van der Waals surface area (Å²) in [6.07, 6.45) is 0.707. The SMILES string of the molecule is Cn1nc(-c2c(F)ccc3c2CCO3)cc1N. The minimum absolute atomic E-state index is 0.285. The predicted octanol–water partition coefficient (Wildman–Crippen LogP) is 1.74. The van der Waals surface area contributed by atoms with Crippen LogP contribution in [0.4, 0.5) is 10.2 Å². The number of halogens is 1. The average molecular weight is 233 g/mol. The zero-order valence-electron chi connectivity index (χ0n) is 9.40. The van der Waals surface area contributed by atoms with Gasteiger partial charge in [-0.25, -0.2) is 4.39 Å². The molecule has 17 heavy (non-hydrogen) atoms. The Morgan fingerprint density at radius 1 is 1.47 bits per heavy atom. The van der Waals surface area contributed by atoms with Gasteiger partial charge in [-0.1, -0.05) is 0 Å². The minimum Gasteiger partial charge on any atom is -0.493 e. The second kappa shape index (κ2) is 3.48. The second-order valence-corrected chi connectivity index (χ2v) is 4.08. The molecule has 0 atom stereocenters. The number of nitrogens with zero attached hydrogens (tertiary/aromatic N) is 2. The van der Waals surface area contributed by atoms with E-state index >= 15 is 0 Å². The zero-order chi connectivity index (χ0) is 12.0. The predicted molar refractivity (Wildman–Crippen MR) is 62.2 cm³/mol. The van der Waals surface area contributed by atoms with Crippen molar-refractivity contribution in [1.82, 2.24) is 9.78 Å². The molecule has 2 N–H and O–H groups in total. The zero-order valence-corrected chi connectivity index (χ0v) is 9.40. The van der Waals surface area contributed by atoms with Crippen LogP contribution >= 0.6 is 0 Å². The Hall–Kier alpha value is -2.04. The lowest BCUT2D eigenvalue weighted by molar-refractivity contribution is 0.356. The van der Waals surface area contributed by atoms with Gasteiger partial charge in [-0.3, -0.25) is 4.68 Å². The van der Waals surface area contributed by atoms with Gasteiger partial charge in [0.1, 0.15) is 17.4 Å². The molecular formula is C12H12FN3O. The summed E-state index contributed by atoms with van der Waals surface area (Å²) in [5.74, 6) is 0.967. The van der Waals surface area contributed by atoms with Crippen LogP contribution in [0.15, 0.2) is 18.2 Å². The lowest BCUT2D eigenvalue weighted by atomic mass is 10.0. The normalized spacial score (nSPS) is 13.5. The van der Waals surface area contributed by atoms with Gasteiger partial charge in [0.15, 0.2) is 0 Å². The van der Waals surface area contributed by atoms with Crippen molar-refractivity contribution < 1.29 is 9.13 Å². The van der Waals surface area contributed by atoms with E-state index < -0.39 is 0 Å². The van der Waals surface area contributed by atoms with Gasteiger partial charge in [-0.2, -0.15) is 5.10 Å². The maximum Gasteiger partial charge on any atom is 0.133 e. The fourth-order valence-electron chi connectivity index (χ4n) is 2.13. The van der Waals surface area contributed by atoms with E-state index in [1.807, 2.05) is 0 Å². The number of hydrogen-bond acceptors (Lipinski definition) is 3. The van der Waals surface area contributed by atoms with E-state index in [1.165, 1.54) is 10.7 Å². The van der Waals surface area contributed by atoms with Crippen molar-refractivity contribution in [3.63, 3.8) is 0 Å². The Balaban J connectivity index is 2.23. The van der Waals surface area contributed by atoms with Crippen LogP contribution < -0.4 is 10.5 Å². The molecule has 1 aliphatic heterocycles. The van der Waals surface area contributed by atoms with Crippen molar-refractivity contribution in [2.75, 3.05) is 12.3 Å². The van der Waals surface area contributed by atoms with Crippen LogP contribution in [-0.4, -0.2) is 16.4 Å². The number of hydrogen-bond donors (Lipinski definition) is 1. The summed E-state index contributed by atoms with van der Waals surface area (Å²) in [6.45, 7) is 0.591. The molecule has 2 heterocycles. The number of nitrogen functional groups attached to an aromatic ring is 1. The smallest absolute Gasteiger partial charge is 0.133 e. The van der Waals surface area contributed by atoms with E-state index in [0.717, 1.165) is 11.3 Å². The van der Waals surface area contributed by atoms with Crippen LogP contribution in [0.1, 0.15) is 5.56 Å². The summed E-state index contributed by atoms with van der Waals surface area (Å²) in [4.78, 5) is 0. The minimum atomic E-state index is -0.285. The molecule has 2 aromatic rings. The van der Waals surface area contributed by atoms with E-state index in [4.69, 9.17) is 10.5 Å². The number of fused-ring (bicyclic) bond motifs is 1. The van der Waals surface area contributed by atoms with Gasteiger partial charge < -0.3 is 10.5 Å². The third-order valence-corrected chi connectivity index (χ3v) is 3.00. The second-order valence-electron chi connectivity index (χ2n) is 4.08.